The van der Waals surface area contributed by atoms with Crippen LogP contribution in [0, 0.1) is 13.8 Å². The number of aryl methyl sites for hydroxylation is 2. The van der Waals surface area contributed by atoms with Crippen molar-refractivity contribution in [3.63, 3.8) is 0 Å². The van der Waals surface area contributed by atoms with E-state index in [4.69, 9.17) is 5.73 Å². The molecule has 2 rings (SSSR count). The lowest BCUT2D eigenvalue weighted by molar-refractivity contribution is 0.0782. The van der Waals surface area contributed by atoms with E-state index >= 15 is 0 Å². The number of rotatable bonds is 2. The smallest absolute Gasteiger partial charge is 0.254 e. The van der Waals surface area contributed by atoms with Gasteiger partial charge < -0.3 is 15.5 Å². The lowest BCUT2D eigenvalue weighted by atomic mass is 10.0. The second-order valence-corrected chi connectivity index (χ2v) is 5.68. The maximum atomic E-state index is 12.6. The van der Waals surface area contributed by atoms with Crippen LogP contribution in [0.5, 0.6) is 0 Å². The van der Waals surface area contributed by atoms with Gasteiger partial charge in [-0.1, -0.05) is 6.07 Å². The quantitative estimate of drug-likeness (QED) is 0.824. The molecular formula is C15H23N3O. The number of anilines is 1. The van der Waals surface area contributed by atoms with Crippen LogP contribution in [0.1, 0.15) is 27.9 Å². The van der Waals surface area contributed by atoms with Crippen molar-refractivity contribution in [2.24, 2.45) is 0 Å². The third kappa shape index (κ3) is 2.73. The number of amides is 1. The molecule has 1 aromatic carbocycles. The standard InChI is InChI=1S/C15H23N3O/c1-10-7-11(2)14(16)8-13(10)15(19)18-6-5-12(9-18)17(3)4/h7-8,12H,5-6,9,16H2,1-4H3. The summed E-state index contributed by atoms with van der Waals surface area (Å²) in [5.41, 5.74) is 9.39. The number of hydrogen-bond donors (Lipinski definition) is 1. The fourth-order valence-corrected chi connectivity index (χ4v) is 2.62. The van der Waals surface area contributed by atoms with Gasteiger partial charge in [0.05, 0.1) is 0 Å². The van der Waals surface area contributed by atoms with Crippen LogP contribution in [-0.4, -0.2) is 48.9 Å². The van der Waals surface area contributed by atoms with Gasteiger partial charge in [-0.05, 0) is 51.6 Å². The zero-order valence-corrected chi connectivity index (χ0v) is 12.2. The molecule has 0 aromatic heterocycles. The Balaban J connectivity index is 2.19. The molecular weight excluding hydrogens is 238 g/mol. The van der Waals surface area contributed by atoms with Crippen molar-refractivity contribution in [2.45, 2.75) is 26.3 Å². The SMILES string of the molecule is Cc1cc(C)c(C(=O)N2CCC(N(C)C)C2)cc1N. The van der Waals surface area contributed by atoms with E-state index in [0.717, 1.165) is 36.2 Å². The first-order chi connectivity index (χ1) is 8.90. The Labute approximate surface area is 115 Å². The number of nitrogens with zero attached hydrogens (tertiary/aromatic N) is 2. The van der Waals surface area contributed by atoms with Crippen molar-refractivity contribution < 1.29 is 4.79 Å². The summed E-state index contributed by atoms with van der Waals surface area (Å²) in [7, 11) is 4.13. The molecule has 1 unspecified atom stereocenters. The second-order valence-electron chi connectivity index (χ2n) is 5.68. The predicted octanol–water partition coefficient (Wildman–Crippen LogP) is 1.66. The second kappa shape index (κ2) is 5.21. The summed E-state index contributed by atoms with van der Waals surface area (Å²) in [5.74, 6) is 0.105. The van der Waals surface area contributed by atoms with Crippen LogP contribution in [0.2, 0.25) is 0 Å². The molecule has 0 bridgehead atoms. The largest absolute Gasteiger partial charge is 0.398 e. The van der Waals surface area contributed by atoms with E-state index in [0.29, 0.717) is 11.7 Å². The Hall–Kier alpha value is -1.55. The third-order valence-electron chi connectivity index (χ3n) is 4.02. The summed E-state index contributed by atoms with van der Waals surface area (Å²) in [4.78, 5) is 16.7. The van der Waals surface area contributed by atoms with Crippen molar-refractivity contribution in [1.82, 2.24) is 9.80 Å². The summed E-state index contributed by atoms with van der Waals surface area (Å²) in [6, 6.07) is 4.27. The normalized spacial score (nSPS) is 19.2. The Morgan fingerprint density at radius 3 is 2.58 bits per heavy atom. The van der Waals surface area contributed by atoms with E-state index in [1.54, 1.807) is 0 Å². The number of benzene rings is 1. The Bertz CT molecular complexity index is 496. The van der Waals surface area contributed by atoms with Gasteiger partial charge in [-0.3, -0.25) is 4.79 Å². The first-order valence-electron chi connectivity index (χ1n) is 6.72. The van der Waals surface area contributed by atoms with Crippen LogP contribution in [0.3, 0.4) is 0 Å². The number of nitrogen functional groups attached to an aromatic ring is 1. The molecule has 19 heavy (non-hydrogen) atoms. The van der Waals surface area contributed by atoms with Crippen molar-refractivity contribution in [2.75, 3.05) is 32.9 Å². The van der Waals surface area contributed by atoms with E-state index in [1.807, 2.05) is 30.9 Å². The predicted molar refractivity (Wildman–Crippen MR) is 78.3 cm³/mol. The third-order valence-corrected chi connectivity index (χ3v) is 4.02. The van der Waals surface area contributed by atoms with Crippen molar-refractivity contribution in [3.8, 4) is 0 Å². The van der Waals surface area contributed by atoms with Crippen LogP contribution in [0.4, 0.5) is 5.69 Å². The van der Waals surface area contributed by atoms with Gasteiger partial charge >= 0.3 is 0 Å². The lowest BCUT2D eigenvalue weighted by Gasteiger charge is -2.21. The highest BCUT2D eigenvalue weighted by Crippen LogP contribution is 2.22. The molecule has 2 N–H and O–H groups in total. The molecule has 1 saturated heterocycles. The number of likely N-dealkylation sites (N-methyl/N-ethyl adjacent to an activating group) is 1. The van der Waals surface area contributed by atoms with Crippen molar-refractivity contribution >= 4 is 11.6 Å². The Morgan fingerprint density at radius 2 is 2.00 bits per heavy atom. The van der Waals surface area contributed by atoms with Gasteiger partial charge in [0.1, 0.15) is 0 Å². The molecule has 1 atom stereocenters. The number of carbonyl (C=O) groups is 1. The summed E-state index contributed by atoms with van der Waals surface area (Å²) < 4.78 is 0. The summed E-state index contributed by atoms with van der Waals surface area (Å²) in [6.45, 7) is 5.57. The fourth-order valence-electron chi connectivity index (χ4n) is 2.62. The molecule has 1 aliphatic heterocycles. The average Bonchev–Trinajstić information content (AvgIpc) is 2.82. The van der Waals surface area contributed by atoms with Crippen LogP contribution >= 0.6 is 0 Å². The highest BCUT2D eigenvalue weighted by molar-refractivity contribution is 5.97. The lowest BCUT2D eigenvalue weighted by Crippen LogP contribution is -2.34. The number of likely N-dealkylation sites (tertiary alicyclic amines) is 1. The molecule has 1 aliphatic rings. The molecule has 1 aromatic rings. The summed E-state index contributed by atoms with van der Waals surface area (Å²) in [5, 5.41) is 0. The van der Waals surface area contributed by atoms with Gasteiger partial charge in [0.2, 0.25) is 0 Å². The monoisotopic (exact) mass is 261 g/mol. The molecule has 0 aliphatic carbocycles. The highest BCUT2D eigenvalue weighted by Gasteiger charge is 2.28. The van der Waals surface area contributed by atoms with Gasteiger partial charge in [0.25, 0.3) is 5.91 Å². The maximum absolute atomic E-state index is 12.6. The molecule has 4 heteroatoms. The number of hydrogen-bond acceptors (Lipinski definition) is 3. The first-order valence-corrected chi connectivity index (χ1v) is 6.72. The minimum Gasteiger partial charge on any atom is -0.398 e. The number of carbonyl (C=O) groups excluding carboxylic acids is 1. The molecule has 104 valence electrons. The average molecular weight is 261 g/mol. The van der Waals surface area contributed by atoms with Crippen molar-refractivity contribution in [3.05, 3.63) is 28.8 Å². The van der Waals surface area contributed by atoms with E-state index in [9.17, 15) is 4.79 Å². The maximum Gasteiger partial charge on any atom is 0.254 e. The van der Waals surface area contributed by atoms with Crippen LogP contribution < -0.4 is 5.73 Å². The zero-order valence-electron chi connectivity index (χ0n) is 12.2. The molecule has 1 amide bonds. The van der Waals surface area contributed by atoms with Gasteiger partial charge in [0.15, 0.2) is 0 Å². The molecule has 1 fully saturated rings. The summed E-state index contributed by atoms with van der Waals surface area (Å²) in [6.07, 6.45) is 1.04. The van der Waals surface area contributed by atoms with Crippen LogP contribution in [-0.2, 0) is 0 Å². The molecule has 0 spiro atoms. The summed E-state index contributed by atoms with van der Waals surface area (Å²) >= 11 is 0. The fraction of sp³-hybridized carbons (Fsp3) is 0.533. The van der Waals surface area contributed by atoms with E-state index in [2.05, 4.69) is 19.0 Å². The molecule has 1 heterocycles. The van der Waals surface area contributed by atoms with E-state index in [-0.39, 0.29) is 5.91 Å². The molecule has 0 radical (unpaired) electrons. The van der Waals surface area contributed by atoms with Gasteiger partial charge in [-0.2, -0.15) is 0 Å². The topological polar surface area (TPSA) is 49.6 Å². The van der Waals surface area contributed by atoms with E-state index in [1.165, 1.54) is 0 Å². The van der Waals surface area contributed by atoms with Gasteiger partial charge in [0, 0.05) is 30.4 Å². The van der Waals surface area contributed by atoms with E-state index < -0.39 is 0 Å². The minimum absolute atomic E-state index is 0.105. The highest BCUT2D eigenvalue weighted by atomic mass is 16.2. The Morgan fingerprint density at radius 1 is 1.32 bits per heavy atom. The van der Waals surface area contributed by atoms with Crippen LogP contribution in [0.15, 0.2) is 12.1 Å². The van der Waals surface area contributed by atoms with Crippen molar-refractivity contribution in [1.29, 1.82) is 0 Å². The van der Waals surface area contributed by atoms with Gasteiger partial charge in [-0.15, -0.1) is 0 Å². The minimum atomic E-state index is 0.105. The molecule has 0 saturated carbocycles. The zero-order chi connectivity index (χ0) is 14.2. The number of nitrogens with two attached hydrogens (primary N) is 1. The van der Waals surface area contributed by atoms with Gasteiger partial charge in [-0.25, -0.2) is 0 Å². The first kappa shape index (κ1) is 13.9. The molecule has 4 nitrogen and oxygen atoms in total. The van der Waals surface area contributed by atoms with Crippen LogP contribution in [0.25, 0.3) is 0 Å². The Kier molecular flexibility index (Phi) is 3.80.